The van der Waals surface area contributed by atoms with E-state index in [9.17, 15) is 13.6 Å². The highest BCUT2D eigenvalue weighted by molar-refractivity contribution is 5.80. The fourth-order valence-electron chi connectivity index (χ4n) is 3.21. The monoisotopic (exact) mass is 297 g/mol. The molecule has 1 fully saturated rings. The molecule has 0 amide bonds. The number of hydrogen-bond donors (Lipinski definition) is 1. The Morgan fingerprint density at radius 2 is 1.86 bits per heavy atom. The topological polar surface area (TPSA) is 52.3 Å². The first-order valence-electron chi connectivity index (χ1n) is 7.37. The Hall–Kier alpha value is -1.65. The van der Waals surface area contributed by atoms with Gasteiger partial charge in [0.2, 0.25) is 0 Å². The lowest BCUT2D eigenvalue weighted by Gasteiger charge is -2.25. The van der Waals surface area contributed by atoms with Crippen LogP contribution in [0.3, 0.4) is 0 Å². The zero-order valence-electron chi connectivity index (χ0n) is 12.2. The van der Waals surface area contributed by atoms with Gasteiger partial charge in [0.15, 0.2) is 0 Å². The zero-order chi connectivity index (χ0) is 15.4. The minimum atomic E-state index is -0.826. The van der Waals surface area contributed by atoms with E-state index in [1.165, 1.54) is 7.11 Å². The number of hydrogen-bond acceptors (Lipinski definition) is 3. The predicted molar refractivity (Wildman–Crippen MR) is 76.7 cm³/mol. The van der Waals surface area contributed by atoms with E-state index in [0.717, 1.165) is 50.7 Å². The van der Waals surface area contributed by atoms with E-state index in [1.807, 2.05) is 0 Å². The number of carbonyl (C=O) groups excluding carboxylic acids is 1. The summed E-state index contributed by atoms with van der Waals surface area (Å²) in [6.45, 7) is 0. The van der Waals surface area contributed by atoms with Crippen LogP contribution in [0.4, 0.5) is 14.5 Å². The van der Waals surface area contributed by atoms with Crippen molar-refractivity contribution in [2.45, 2.75) is 44.4 Å². The van der Waals surface area contributed by atoms with Gasteiger partial charge in [-0.25, -0.2) is 8.78 Å². The van der Waals surface area contributed by atoms with Crippen LogP contribution in [0, 0.1) is 17.6 Å². The van der Waals surface area contributed by atoms with Crippen LogP contribution in [0.1, 0.15) is 50.0 Å². The van der Waals surface area contributed by atoms with Crippen molar-refractivity contribution in [3.63, 3.8) is 0 Å². The summed E-state index contributed by atoms with van der Waals surface area (Å²) in [5.41, 5.74) is 5.80. The number of nitrogen functional groups attached to an aromatic ring is 1. The van der Waals surface area contributed by atoms with Crippen LogP contribution in [-0.4, -0.2) is 13.1 Å². The number of methoxy groups -OCH3 is 1. The molecular weight excluding hydrogens is 276 g/mol. The maximum atomic E-state index is 13.7. The summed E-state index contributed by atoms with van der Waals surface area (Å²) in [5, 5.41) is 0. The molecule has 5 heteroatoms. The smallest absolute Gasteiger partial charge is 0.313 e. The van der Waals surface area contributed by atoms with Crippen molar-refractivity contribution in [1.82, 2.24) is 0 Å². The molecule has 0 heterocycles. The minimum Gasteiger partial charge on any atom is -0.469 e. The number of carbonyl (C=O) groups is 1. The quantitative estimate of drug-likeness (QED) is 0.525. The molecule has 2 N–H and O–H groups in total. The summed E-state index contributed by atoms with van der Waals surface area (Å²) in [6.07, 6.45) is 5.95. The fraction of sp³-hybridized carbons (Fsp3) is 0.562. The Bertz CT molecular complexity index is 511. The van der Waals surface area contributed by atoms with E-state index in [-0.39, 0.29) is 17.2 Å². The predicted octanol–water partition coefficient (Wildman–Crippen LogP) is 3.77. The summed E-state index contributed by atoms with van der Waals surface area (Å²) in [5.74, 6) is -2.70. The normalized spacial score (nSPS) is 18.0. The van der Waals surface area contributed by atoms with Gasteiger partial charge in [0.25, 0.3) is 0 Å². The highest BCUT2D eigenvalue weighted by Crippen LogP contribution is 2.39. The molecular formula is C16H21F2NO2. The molecule has 2 rings (SSSR count). The van der Waals surface area contributed by atoms with Gasteiger partial charge in [0, 0.05) is 6.07 Å². The molecule has 116 valence electrons. The third-order valence-electron chi connectivity index (χ3n) is 4.29. The fourth-order valence-corrected chi connectivity index (χ4v) is 3.21. The lowest BCUT2D eigenvalue weighted by atomic mass is 9.80. The Kier molecular flexibility index (Phi) is 5.15. The van der Waals surface area contributed by atoms with Crippen LogP contribution in [-0.2, 0) is 9.53 Å². The Morgan fingerprint density at radius 1 is 1.24 bits per heavy atom. The van der Waals surface area contributed by atoms with Gasteiger partial charge in [0.05, 0.1) is 18.7 Å². The maximum Gasteiger partial charge on any atom is 0.313 e. The Balaban J connectivity index is 2.42. The molecule has 21 heavy (non-hydrogen) atoms. The van der Waals surface area contributed by atoms with Crippen molar-refractivity contribution in [3.8, 4) is 0 Å². The lowest BCUT2D eigenvalue weighted by Crippen LogP contribution is -2.24. The van der Waals surface area contributed by atoms with Crippen molar-refractivity contribution in [1.29, 1.82) is 0 Å². The first-order valence-corrected chi connectivity index (χ1v) is 7.37. The second-order valence-electron chi connectivity index (χ2n) is 5.64. The second-order valence-corrected chi connectivity index (χ2v) is 5.64. The average molecular weight is 297 g/mol. The largest absolute Gasteiger partial charge is 0.469 e. The highest BCUT2D eigenvalue weighted by atomic mass is 19.1. The molecule has 0 bridgehead atoms. The van der Waals surface area contributed by atoms with Crippen molar-refractivity contribution in [3.05, 3.63) is 29.3 Å². The van der Waals surface area contributed by atoms with E-state index < -0.39 is 23.5 Å². The van der Waals surface area contributed by atoms with E-state index in [1.54, 1.807) is 0 Å². The molecule has 1 atom stereocenters. The number of anilines is 1. The molecule has 1 aromatic rings. The zero-order valence-corrected chi connectivity index (χ0v) is 12.2. The molecule has 1 saturated carbocycles. The van der Waals surface area contributed by atoms with Gasteiger partial charge >= 0.3 is 5.97 Å². The van der Waals surface area contributed by atoms with E-state index in [0.29, 0.717) is 0 Å². The van der Waals surface area contributed by atoms with Crippen LogP contribution in [0.15, 0.2) is 12.1 Å². The lowest BCUT2D eigenvalue weighted by molar-refractivity contribution is -0.144. The number of nitrogens with two attached hydrogens (primary N) is 1. The van der Waals surface area contributed by atoms with Crippen molar-refractivity contribution < 1.29 is 18.3 Å². The van der Waals surface area contributed by atoms with Crippen LogP contribution < -0.4 is 5.73 Å². The van der Waals surface area contributed by atoms with Gasteiger partial charge in [-0.15, -0.1) is 0 Å². The van der Waals surface area contributed by atoms with Crippen LogP contribution >= 0.6 is 0 Å². The van der Waals surface area contributed by atoms with E-state index in [4.69, 9.17) is 10.5 Å². The molecule has 0 aliphatic heterocycles. The van der Waals surface area contributed by atoms with Crippen molar-refractivity contribution in [2.24, 2.45) is 5.92 Å². The molecule has 1 aromatic carbocycles. The SMILES string of the molecule is COC(=O)C(c1cc(F)cc(F)c1N)C1CCCCCC1. The molecule has 1 aliphatic carbocycles. The Morgan fingerprint density at radius 3 is 2.43 bits per heavy atom. The minimum absolute atomic E-state index is 0.0171. The molecule has 0 saturated heterocycles. The van der Waals surface area contributed by atoms with Crippen molar-refractivity contribution >= 4 is 11.7 Å². The van der Waals surface area contributed by atoms with Gasteiger partial charge in [-0.05, 0) is 30.4 Å². The first kappa shape index (κ1) is 15.7. The molecule has 0 aromatic heterocycles. The molecule has 0 spiro atoms. The molecule has 1 unspecified atom stereocenters. The van der Waals surface area contributed by atoms with E-state index in [2.05, 4.69) is 0 Å². The molecule has 0 radical (unpaired) electrons. The maximum absolute atomic E-state index is 13.7. The summed E-state index contributed by atoms with van der Waals surface area (Å²) in [6, 6.07) is 1.89. The first-order chi connectivity index (χ1) is 10.0. The number of esters is 1. The highest BCUT2D eigenvalue weighted by Gasteiger charge is 2.33. The van der Waals surface area contributed by atoms with Gasteiger partial charge in [-0.1, -0.05) is 25.7 Å². The van der Waals surface area contributed by atoms with Gasteiger partial charge in [0.1, 0.15) is 11.6 Å². The number of ether oxygens (including phenoxy) is 1. The van der Waals surface area contributed by atoms with Crippen LogP contribution in [0.25, 0.3) is 0 Å². The van der Waals surface area contributed by atoms with Gasteiger partial charge < -0.3 is 10.5 Å². The number of rotatable bonds is 3. The third kappa shape index (κ3) is 3.52. The summed E-state index contributed by atoms with van der Waals surface area (Å²) in [4.78, 5) is 12.2. The standard InChI is InChI=1S/C16H21F2NO2/c1-21-16(20)14(10-6-4-2-3-5-7-10)12-8-11(17)9-13(18)15(12)19/h8-10,14H,2-7,19H2,1H3. The van der Waals surface area contributed by atoms with E-state index >= 15 is 0 Å². The van der Waals surface area contributed by atoms with Crippen molar-refractivity contribution in [2.75, 3.05) is 12.8 Å². The van der Waals surface area contributed by atoms with Gasteiger partial charge in [-0.2, -0.15) is 0 Å². The third-order valence-corrected chi connectivity index (χ3v) is 4.29. The second kappa shape index (κ2) is 6.87. The molecule has 1 aliphatic rings. The molecule has 3 nitrogen and oxygen atoms in total. The average Bonchev–Trinajstić information content (AvgIpc) is 2.73. The van der Waals surface area contributed by atoms with Crippen LogP contribution in [0.2, 0.25) is 0 Å². The number of halogens is 2. The van der Waals surface area contributed by atoms with Gasteiger partial charge in [-0.3, -0.25) is 4.79 Å². The number of benzene rings is 1. The van der Waals surface area contributed by atoms with Crippen LogP contribution in [0.5, 0.6) is 0 Å². The Labute approximate surface area is 123 Å². The summed E-state index contributed by atoms with van der Waals surface area (Å²) >= 11 is 0. The summed E-state index contributed by atoms with van der Waals surface area (Å²) in [7, 11) is 1.29. The summed E-state index contributed by atoms with van der Waals surface area (Å²) < 4.78 is 32.1.